The summed E-state index contributed by atoms with van der Waals surface area (Å²) in [4.78, 5) is 27.5. The Kier molecular flexibility index (Phi) is 6.73. The molecule has 4 rings (SSSR count). The van der Waals surface area contributed by atoms with Crippen LogP contribution < -0.4 is 9.64 Å². The Balaban J connectivity index is 1.96. The van der Waals surface area contributed by atoms with Gasteiger partial charge in [0.1, 0.15) is 17.3 Å². The zero-order valence-corrected chi connectivity index (χ0v) is 21.1. The summed E-state index contributed by atoms with van der Waals surface area (Å²) >= 11 is 0. The van der Waals surface area contributed by atoms with Crippen molar-refractivity contribution in [2.24, 2.45) is 0 Å². The van der Waals surface area contributed by atoms with Crippen molar-refractivity contribution in [1.29, 1.82) is 0 Å². The van der Waals surface area contributed by atoms with Crippen molar-refractivity contribution in [3.8, 4) is 11.5 Å². The van der Waals surface area contributed by atoms with Crippen LogP contribution in [0.25, 0.3) is 5.76 Å². The first kappa shape index (κ1) is 26.8. The zero-order chi connectivity index (χ0) is 28.0. The molecule has 3 aromatic rings. The van der Waals surface area contributed by atoms with Gasteiger partial charge in [0.2, 0.25) is 0 Å². The molecule has 198 valence electrons. The third-order valence-electron chi connectivity index (χ3n) is 6.39. The number of hydrogen-bond acceptors (Lipinski definition) is 5. The smallest absolute Gasteiger partial charge is 0.416 e. The van der Waals surface area contributed by atoms with Crippen LogP contribution in [0.15, 0.2) is 72.3 Å². The van der Waals surface area contributed by atoms with Crippen LogP contribution in [0.2, 0.25) is 0 Å². The lowest BCUT2D eigenvalue weighted by Gasteiger charge is -2.26. The second-order valence-electron chi connectivity index (χ2n) is 9.97. The Hall–Kier alpha value is -4.27. The quantitative estimate of drug-likeness (QED) is 0.236. The van der Waals surface area contributed by atoms with Gasteiger partial charge in [0, 0.05) is 16.8 Å². The Morgan fingerprint density at radius 1 is 0.947 bits per heavy atom. The van der Waals surface area contributed by atoms with Crippen molar-refractivity contribution in [1.82, 2.24) is 0 Å². The van der Waals surface area contributed by atoms with Gasteiger partial charge in [-0.25, -0.2) is 0 Å². The number of ether oxygens (including phenoxy) is 1. The van der Waals surface area contributed by atoms with Crippen molar-refractivity contribution < 1.29 is 37.7 Å². The maximum atomic E-state index is 13.5. The second kappa shape index (κ2) is 9.55. The van der Waals surface area contributed by atoms with Crippen LogP contribution in [0.3, 0.4) is 0 Å². The number of rotatable bonds is 4. The van der Waals surface area contributed by atoms with E-state index in [2.05, 4.69) is 0 Å². The number of aliphatic hydroxyl groups excluding tert-OH is 1. The zero-order valence-electron chi connectivity index (χ0n) is 21.1. The van der Waals surface area contributed by atoms with Crippen LogP contribution in [0.1, 0.15) is 49.1 Å². The highest BCUT2D eigenvalue weighted by atomic mass is 19.4. The summed E-state index contributed by atoms with van der Waals surface area (Å²) < 4.78 is 45.8. The lowest BCUT2D eigenvalue weighted by molar-refractivity contribution is -0.137. The highest BCUT2D eigenvalue weighted by Gasteiger charge is 2.47. The van der Waals surface area contributed by atoms with Gasteiger partial charge in [-0.05, 0) is 59.5 Å². The molecule has 1 aliphatic heterocycles. The molecule has 0 saturated carbocycles. The van der Waals surface area contributed by atoms with E-state index in [-0.39, 0.29) is 22.6 Å². The molecule has 1 amide bonds. The molecule has 0 spiro atoms. The van der Waals surface area contributed by atoms with Crippen molar-refractivity contribution in [2.75, 3.05) is 12.0 Å². The van der Waals surface area contributed by atoms with Crippen molar-refractivity contribution in [3.63, 3.8) is 0 Å². The van der Waals surface area contributed by atoms with Crippen molar-refractivity contribution in [2.45, 2.75) is 38.4 Å². The number of halogens is 3. The molecule has 0 aromatic heterocycles. The molecular formula is C29H26F3NO5. The summed E-state index contributed by atoms with van der Waals surface area (Å²) in [6, 6.07) is 13.2. The molecule has 9 heteroatoms. The number of Topliss-reactive ketones (excluding diaryl/α,β-unsaturated/α-hetero) is 1. The minimum absolute atomic E-state index is 0.0882. The number of alkyl halides is 3. The number of aliphatic hydroxyl groups is 1. The van der Waals surface area contributed by atoms with Crippen LogP contribution in [0.4, 0.5) is 18.9 Å². The van der Waals surface area contributed by atoms with E-state index >= 15 is 0 Å². The number of phenolic OH excluding ortho intramolecular Hbond substituents is 1. The van der Waals surface area contributed by atoms with Gasteiger partial charge >= 0.3 is 6.18 Å². The lowest BCUT2D eigenvalue weighted by atomic mass is 9.84. The summed E-state index contributed by atoms with van der Waals surface area (Å²) in [6.07, 6.45) is -4.68. The summed E-state index contributed by atoms with van der Waals surface area (Å²) in [5.74, 6) is -2.15. The first-order valence-electron chi connectivity index (χ1n) is 11.7. The number of ketones is 1. The van der Waals surface area contributed by atoms with Crippen LogP contribution in [0.5, 0.6) is 11.5 Å². The maximum Gasteiger partial charge on any atom is 0.416 e. The first-order chi connectivity index (χ1) is 17.7. The highest BCUT2D eigenvalue weighted by Crippen LogP contribution is 2.44. The van der Waals surface area contributed by atoms with E-state index in [1.54, 1.807) is 12.1 Å². The Labute approximate surface area is 217 Å². The molecule has 0 radical (unpaired) electrons. The molecule has 2 N–H and O–H groups in total. The summed E-state index contributed by atoms with van der Waals surface area (Å²) in [6.45, 7) is 5.83. The Morgan fingerprint density at radius 2 is 1.61 bits per heavy atom. The molecular weight excluding hydrogens is 499 g/mol. The summed E-state index contributed by atoms with van der Waals surface area (Å²) in [5.41, 5.74) is -0.564. The normalized spacial score (nSPS) is 17.7. The fourth-order valence-electron chi connectivity index (χ4n) is 4.50. The summed E-state index contributed by atoms with van der Waals surface area (Å²) in [7, 11) is 1.51. The summed E-state index contributed by atoms with van der Waals surface area (Å²) in [5, 5.41) is 21.2. The molecule has 3 aromatic carbocycles. The SMILES string of the molecule is COc1ccc(/C(O)=C2/C(=O)C(=O)N(c3cccc(C(F)(F)F)c3)C2c2ccc(O)cc2)cc1C(C)(C)C. The van der Waals surface area contributed by atoms with E-state index in [0.29, 0.717) is 11.3 Å². The Bertz CT molecular complexity index is 1440. The first-order valence-corrected chi connectivity index (χ1v) is 11.7. The number of methoxy groups -OCH3 is 1. The van der Waals surface area contributed by atoms with Gasteiger partial charge in [0.15, 0.2) is 0 Å². The van der Waals surface area contributed by atoms with E-state index in [0.717, 1.165) is 28.7 Å². The molecule has 1 fully saturated rings. The molecule has 1 heterocycles. The van der Waals surface area contributed by atoms with E-state index in [1.165, 1.54) is 43.5 Å². The van der Waals surface area contributed by atoms with Gasteiger partial charge in [-0.1, -0.05) is 39.0 Å². The molecule has 38 heavy (non-hydrogen) atoms. The number of amides is 1. The third-order valence-corrected chi connectivity index (χ3v) is 6.39. The van der Waals surface area contributed by atoms with E-state index < -0.39 is 40.6 Å². The Morgan fingerprint density at radius 3 is 2.18 bits per heavy atom. The van der Waals surface area contributed by atoms with Gasteiger partial charge < -0.3 is 14.9 Å². The van der Waals surface area contributed by atoms with Crippen LogP contribution >= 0.6 is 0 Å². The predicted molar refractivity (Wildman–Crippen MR) is 136 cm³/mol. The molecule has 6 nitrogen and oxygen atoms in total. The van der Waals surface area contributed by atoms with Gasteiger partial charge in [0.25, 0.3) is 11.7 Å². The highest BCUT2D eigenvalue weighted by molar-refractivity contribution is 6.51. The van der Waals surface area contributed by atoms with E-state index in [4.69, 9.17) is 4.74 Å². The number of benzene rings is 3. The van der Waals surface area contributed by atoms with Crippen molar-refractivity contribution >= 4 is 23.1 Å². The molecule has 0 aliphatic carbocycles. The fourth-order valence-corrected chi connectivity index (χ4v) is 4.50. The molecule has 0 bridgehead atoms. The average Bonchev–Trinajstić information content (AvgIpc) is 3.13. The topological polar surface area (TPSA) is 87.1 Å². The van der Waals surface area contributed by atoms with Crippen LogP contribution in [-0.4, -0.2) is 29.0 Å². The second-order valence-corrected chi connectivity index (χ2v) is 9.97. The number of carbonyl (C=O) groups is 2. The predicted octanol–water partition coefficient (Wildman–Crippen LogP) is 6.34. The minimum atomic E-state index is -4.68. The van der Waals surface area contributed by atoms with Gasteiger partial charge in [0.05, 0.1) is 24.3 Å². The molecule has 1 saturated heterocycles. The number of anilines is 1. The monoisotopic (exact) mass is 525 g/mol. The minimum Gasteiger partial charge on any atom is -0.508 e. The van der Waals surface area contributed by atoms with Crippen LogP contribution in [-0.2, 0) is 21.2 Å². The largest absolute Gasteiger partial charge is 0.508 e. The molecule has 1 unspecified atom stereocenters. The van der Waals surface area contributed by atoms with Gasteiger partial charge in [-0.2, -0.15) is 13.2 Å². The number of hydrogen-bond donors (Lipinski definition) is 2. The number of aromatic hydroxyl groups is 1. The van der Waals surface area contributed by atoms with E-state index in [9.17, 15) is 33.0 Å². The third kappa shape index (κ3) is 4.83. The average molecular weight is 526 g/mol. The molecule has 1 aliphatic rings. The van der Waals surface area contributed by atoms with Crippen LogP contribution in [0, 0.1) is 0 Å². The maximum absolute atomic E-state index is 13.5. The number of phenols is 1. The number of carbonyl (C=O) groups excluding carboxylic acids is 2. The fraction of sp³-hybridized carbons (Fsp3) is 0.241. The van der Waals surface area contributed by atoms with Gasteiger partial charge in [-0.3, -0.25) is 14.5 Å². The molecule has 1 atom stereocenters. The van der Waals surface area contributed by atoms with E-state index in [1.807, 2.05) is 20.8 Å². The van der Waals surface area contributed by atoms with Gasteiger partial charge in [-0.15, -0.1) is 0 Å². The number of nitrogens with zero attached hydrogens (tertiary/aromatic N) is 1. The standard InChI is InChI=1S/C29H26F3NO5/c1-28(2,3)21-14-17(10-13-22(21)38-4)25(35)23-24(16-8-11-20(34)12-9-16)33(27(37)26(23)36)19-7-5-6-18(15-19)29(30,31)32/h5-15,24,34-35H,1-4H3/b25-23-. The lowest BCUT2D eigenvalue weighted by Crippen LogP contribution is -2.29. The van der Waals surface area contributed by atoms with Crippen molar-refractivity contribution in [3.05, 3.63) is 94.6 Å².